The minimum Gasteiger partial charge on any atom is -0.469 e. The summed E-state index contributed by atoms with van der Waals surface area (Å²) in [5.74, 6) is -0.169. The van der Waals surface area contributed by atoms with Gasteiger partial charge in [-0.15, -0.1) is 11.3 Å². The van der Waals surface area contributed by atoms with Gasteiger partial charge in [-0.1, -0.05) is 0 Å². The van der Waals surface area contributed by atoms with Gasteiger partial charge in [-0.25, -0.2) is 0 Å². The third-order valence-electron chi connectivity index (χ3n) is 2.30. The van der Waals surface area contributed by atoms with Gasteiger partial charge in [-0.3, -0.25) is 4.79 Å². The standard InChI is InChI=1S/C11H17NO2S/c1-8-5-7-15-11(8)9(2)12-6-4-10(13)14-3/h5,7,9,12H,4,6H2,1-3H3. The van der Waals surface area contributed by atoms with Crippen LogP contribution in [-0.2, 0) is 9.53 Å². The topological polar surface area (TPSA) is 38.3 Å². The Balaban J connectivity index is 2.34. The number of nitrogens with one attached hydrogen (secondary N) is 1. The second-order valence-corrected chi connectivity index (χ2v) is 4.42. The number of hydrogen-bond acceptors (Lipinski definition) is 4. The van der Waals surface area contributed by atoms with Crippen molar-refractivity contribution in [3.8, 4) is 0 Å². The first-order chi connectivity index (χ1) is 7.15. The molecule has 1 rings (SSSR count). The van der Waals surface area contributed by atoms with E-state index < -0.39 is 0 Å². The summed E-state index contributed by atoms with van der Waals surface area (Å²) >= 11 is 1.74. The monoisotopic (exact) mass is 227 g/mol. The zero-order valence-corrected chi connectivity index (χ0v) is 10.2. The molecule has 0 saturated carbocycles. The van der Waals surface area contributed by atoms with Gasteiger partial charge in [0.05, 0.1) is 13.5 Å². The van der Waals surface area contributed by atoms with Crippen LogP contribution in [0.3, 0.4) is 0 Å². The molecule has 1 unspecified atom stereocenters. The van der Waals surface area contributed by atoms with Gasteiger partial charge in [0, 0.05) is 17.5 Å². The number of methoxy groups -OCH3 is 1. The highest BCUT2D eigenvalue weighted by Crippen LogP contribution is 2.23. The van der Waals surface area contributed by atoms with Crippen molar-refractivity contribution in [2.45, 2.75) is 26.3 Å². The Bertz CT molecular complexity index is 322. The van der Waals surface area contributed by atoms with Gasteiger partial charge in [-0.05, 0) is 30.9 Å². The largest absolute Gasteiger partial charge is 0.469 e. The lowest BCUT2D eigenvalue weighted by molar-refractivity contribution is -0.140. The van der Waals surface area contributed by atoms with Gasteiger partial charge in [0.2, 0.25) is 0 Å². The molecule has 0 aliphatic rings. The van der Waals surface area contributed by atoms with Gasteiger partial charge < -0.3 is 10.1 Å². The van der Waals surface area contributed by atoms with E-state index in [1.807, 2.05) is 0 Å². The molecule has 0 aliphatic heterocycles. The molecule has 4 heteroatoms. The first-order valence-corrected chi connectivity index (χ1v) is 5.87. The summed E-state index contributed by atoms with van der Waals surface area (Å²) in [6, 6.07) is 2.41. The Morgan fingerprint density at radius 2 is 2.40 bits per heavy atom. The molecular weight excluding hydrogens is 210 g/mol. The van der Waals surface area contributed by atoms with Gasteiger partial charge in [0.25, 0.3) is 0 Å². The molecule has 0 aromatic carbocycles. The maximum absolute atomic E-state index is 10.9. The maximum Gasteiger partial charge on any atom is 0.306 e. The molecule has 3 nitrogen and oxygen atoms in total. The summed E-state index contributed by atoms with van der Waals surface area (Å²) in [4.78, 5) is 12.2. The molecule has 0 fully saturated rings. The molecule has 1 atom stereocenters. The number of ether oxygens (including phenoxy) is 1. The number of hydrogen-bond donors (Lipinski definition) is 1. The third kappa shape index (κ3) is 3.64. The highest BCUT2D eigenvalue weighted by atomic mass is 32.1. The van der Waals surface area contributed by atoms with E-state index in [1.165, 1.54) is 17.6 Å². The fourth-order valence-electron chi connectivity index (χ4n) is 1.41. The zero-order chi connectivity index (χ0) is 11.3. The predicted octanol–water partition coefficient (Wildman–Crippen LogP) is 2.27. The van der Waals surface area contributed by atoms with Gasteiger partial charge >= 0.3 is 5.97 Å². The molecule has 0 amide bonds. The number of carbonyl (C=O) groups is 1. The van der Waals surface area contributed by atoms with Crippen LogP contribution in [0.4, 0.5) is 0 Å². The minimum absolute atomic E-state index is 0.169. The van der Waals surface area contributed by atoms with Crippen LogP contribution in [-0.4, -0.2) is 19.6 Å². The minimum atomic E-state index is -0.169. The maximum atomic E-state index is 10.9. The third-order valence-corrected chi connectivity index (χ3v) is 3.50. The van der Waals surface area contributed by atoms with Gasteiger partial charge in [0.1, 0.15) is 0 Å². The van der Waals surface area contributed by atoms with Crippen LogP contribution in [0.1, 0.15) is 29.8 Å². The molecule has 0 saturated heterocycles. The Morgan fingerprint density at radius 1 is 1.67 bits per heavy atom. The van der Waals surface area contributed by atoms with E-state index in [2.05, 4.69) is 35.3 Å². The van der Waals surface area contributed by atoms with Crippen molar-refractivity contribution in [2.75, 3.05) is 13.7 Å². The van der Waals surface area contributed by atoms with Crippen molar-refractivity contribution in [3.05, 3.63) is 21.9 Å². The molecule has 84 valence electrons. The van der Waals surface area contributed by atoms with Crippen molar-refractivity contribution in [1.29, 1.82) is 0 Å². The molecule has 0 spiro atoms. The van der Waals surface area contributed by atoms with Crippen molar-refractivity contribution < 1.29 is 9.53 Å². The Hall–Kier alpha value is -0.870. The SMILES string of the molecule is COC(=O)CCNC(C)c1sccc1C. The molecule has 0 radical (unpaired) electrons. The Labute approximate surface area is 94.5 Å². The van der Waals surface area contributed by atoms with E-state index in [4.69, 9.17) is 0 Å². The molecular formula is C11H17NO2S. The second kappa shape index (κ2) is 5.88. The van der Waals surface area contributed by atoms with Crippen molar-refractivity contribution in [1.82, 2.24) is 5.32 Å². The molecule has 1 aromatic heterocycles. The van der Waals surface area contributed by atoms with Crippen LogP contribution in [0.25, 0.3) is 0 Å². The first-order valence-electron chi connectivity index (χ1n) is 4.99. The fraction of sp³-hybridized carbons (Fsp3) is 0.545. The van der Waals surface area contributed by atoms with E-state index in [1.54, 1.807) is 11.3 Å². The fourth-order valence-corrected chi connectivity index (χ4v) is 2.37. The predicted molar refractivity (Wildman–Crippen MR) is 62.1 cm³/mol. The average Bonchev–Trinajstić information content (AvgIpc) is 2.64. The van der Waals surface area contributed by atoms with Crippen LogP contribution < -0.4 is 5.32 Å². The lowest BCUT2D eigenvalue weighted by Crippen LogP contribution is -2.22. The highest BCUT2D eigenvalue weighted by Gasteiger charge is 2.09. The molecule has 1 aromatic rings. The van der Waals surface area contributed by atoms with Crippen LogP contribution in [0, 0.1) is 6.92 Å². The molecule has 0 bridgehead atoms. The van der Waals surface area contributed by atoms with E-state index >= 15 is 0 Å². The van der Waals surface area contributed by atoms with E-state index in [-0.39, 0.29) is 5.97 Å². The van der Waals surface area contributed by atoms with E-state index in [0.29, 0.717) is 19.0 Å². The summed E-state index contributed by atoms with van der Waals surface area (Å²) in [5.41, 5.74) is 1.30. The second-order valence-electron chi connectivity index (χ2n) is 3.47. The normalized spacial score (nSPS) is 12.5. The summed E-state index contributed by atoms with van der Waals surface area (Å²) in [6.07, 6.45) is 0.422. The van der Waals surface area contributed by atoms with Crippen LogP contribution in [0.2, 0.25) is 0 Å². The number of rotatable bonds is 5. The lowest BCUT2D eigenvalue weighted by atomic mass is 10.2. The molecule has 1 N–H and O–H groups in total. The number of esters is 1. The van der Waals surface area contributed by atoms with E-state index in [0.717, 1.165) is 0 Å². The smallest absolute Gasteiger partial charge is 0.306 e. The summed E-state index contributed by atoms with van der Waals surface area (Å²) in [5, 5.41) is 5.39. The van der Waals surface area contributed by atoms with Crippen molar-refractivity contribution in [3.63, 3.8) is 0 Å². The Morgan fingerprint density at radius 3 is 2.93 bits per heavy atom. The number of carbonyl (C=O) groups excluding carboxylic acids is 1. The molecule has 1 heterocycles. The van der Waals surface area contributed by atoms with Crippen molar-refractivity contribution >= 4 is 17.3 Å². The average molecular weight is 227 g/mol. The van der Waals surface area contributed by atoms with Gasteiger partial charge in [-0.2, -0.15) is 0 Å². The summed E-state index contributed by atoms with van der Waals surface area (Å²) in [6.45, 7) is 4.87. The van der Waals surface area contributed by atoms with E-state index in [9.17, 15) is 4.79 Å². The van der Waals surface area contributed by atoms with Crippen LogP contribution in [0.15, 0.2) is 11.4 Å². The quantitative estimate of drug-likeness (QED) is 0.784. The van der Waals surface area contributed by atoms with Crippen LogP contribution in [0.5, 0.6) is 0 Å². The number of aryl methyl sites for hydroxylation is 1. The van der Waals surface area contributed by atoms with Crippen LogP contribution >= 0.6 is 11.3 Å². The zero-order valence-electron chi connectivity index (χ0n) is 9.37. The van der Waals surface area contributed by atoms with Gasteiger partial charge in [0.15, 0.2) is 0 Å². The number of thiophene rings is 1. The molecule has 0 aliphatic carbocycles. The first kappa shape index (κ1) is 12.2. The summed E-state index contributed by atoms with van der Waals surface area (Å²) < 4.78 is 4.57. The summed E-state index contributed by atoms with van der Waals surface area (Å²) in [7, 11) is 1.41. The highest BCUT2D eigenvalue weighted by molar-refractivity contribution is 7.10. The Kier molecular flexibility index (Phi) is 4.78. The molecule has 15 heavy (non-hydrogen) atoms. The van der Waals surface area contributed by atoms with Crippen molar-refractivity contribution in [2.24, 2.45) is 0 Å². The lowest BCUT2D eigenvalue weighted by Gasteiger charge is -2.12.